The molecule has 1 saturated heterocycles. The lowest BCUT2D eigenvalue weighted by molar-refractivity contribution is 0.353. The van der Waals surface area contributed by atoms with Gasteiger partial charge in [0.1, 0.15) is 0 Å². The molecule has 1 fully saturated rings. The third kappa shape index (κ3) is 2.95. The Morgan fingerprint density at radius 2 is 1.96 bits per heavy atom. The zero-order chi connectivity index (χ0) is 16.4. The maximum absolute atomic E-state index is 12.4. The summed E-state index contributed by atoms with van der Waals surface area (Å²) in [5.41, 5.74) is 3.37. The Balaban J connectivity index is 1.60. The Labute approximate surface area is 140 Å². The van der Waals surface area contributed by atoms with Crippen molar-refractivity contribution in [1.82, 2.24) is 14.9 Å². The minimum Gasteiger partial charge on any atom is -0.383 e. The topological polar surface area (TPSA) is 63.9 Å². The van der Waals surface area contributed by atoms with Crippen molar-refractivity contribution in [2.24, 2.45) is 0 Å². The largest absolute Gasteiger partial charge is 0.383 e. The molecule has 1 aromatic carbocycles. The molecule has 2 aromatic heterocycles. The number of aromatic nitrogens is 2. The number of benzene rings is 1. The Morgan fingerprint density at radius 1 is 1.12 bits per heavy atom. The molecule has 0 spiro atoms. The number of nitrogens with zero attached hydrogens (tertiary/aromatic N) is 1. The van der Waals surface area contributed by atoms with E-state index in [1.807, 2.05) is 36.4 Å². The Hall–Kier alpha value is -2.53. The van der Waals surface area contributed by atoms with E-state index >= 15 is 0 Å². The fourth-order valence-corrected chi connectivity index (χ4v) is 3.46. The number of H-pyrrole nitrogens is 2. The van der Waals surface area contributed by atoms with Crippen LogP contribution in [0.1, 0.15) is 12.8 Å². The van der Waals surface area contributed by atoms with Crippen LogP contribution in [0.4, 0.5) is 5.69 Å². The third-order valence-electron chi connectivity index (χ3n) is 4.70. The molecular weight excluding hydrogens is 300 g/mol. The summed E-state index contributed by atoms with van der Waals surface area (Å²) in [4.78, 5) is 21.0. The Morgan fingerprint density at radius 3 is 2.79 bits per heavy atom. The molecule has 3 aromatic rings. The molecule has 3 N–H and O–H groups in total. The molecule has 0 radical (unpaired) electrons. The van der Waals surface area contributed by atoms with Crippen LogP contribution in [0.5, 0.6) is 0 Å². The maximum atomic E-state index is 12.4. The predicted molar refractivity (Wildman–Crippen MR) is 98.5 cm³/mol. The lowest BCUT2D eigenvalue weighted by Crippen LogP contribution is -2.26. The summed E-state index contributed by atoms with van der Waals surface area (Å²) in [6.45, 7) is 4.23. The highest BCUT2D eigenvalue weighted by Gasteiger charge is 2.14. The van der Waals surface area contributed by atoms with E-state index in [4.69, 9.17) is 0 Å². The summed E-state index contributed by atoms with van der Waals surface area (Å²) >= 11 is 0. The van der Waals surface area contributed by atoms with Crippen LogP contribution >= 0.6 is 0 Å². The van der Waals surface area contributed by atoms with E-state index in [0.717, 1.165) is 35.4 Å². The van der Waals surface area contributed by atoms with Crippen molar-refractivity contribution in [3.63, 3.8) is 0 Å². The molecule has 4 rings (SSSR count). The molecule has 0 saturated carbocycles. The van der Waals surface area contributed by atoms with Crippen molar-refractivity contribution < 1.29 is 0 Å². The second kappa shape index (κ2) is 6.53. The normalized spacial score (nSPS) is 15.2. The molecule has 0 aliphatic carbocycles. The lowest BCUT2D eigenvalue weighted by atomic mass is 10.1. The second-order valence-electron chi connectivity index (χ2n) is 6.34. The molecule has 3 heterocycles. The predicted octanol–water partition coefficient (Wildman–Crippen LogP) is 3.03. The van der Waals surface area contributed by atoms with Crippen LogP contribution in [0.3, 0.4) is 0 Å². The number of fused-ring (bicyclic) bond motifs is 1. The summed E-state index contributed by atoms with van der Waals surface area (Å²) in [5, 5.41) is 4.55. The fraction of sp³-hybridized carbons (Fsp3) is 0.316. The molecule has 1 aliphatic heterocycles. The number of nitrogens with one attached hydrogen (secondary N) is 3. The number of pyridine rings is 1. The van der Waals surface area contributed by atoms with Crippen molar-refractivity contribution in [3.8, 4) is 11.3 Å². The van der Waals surface area contributed by atoms with E-state index in [1.165, 1.54) is 25.9 Å². The summed E-state index contributed by atoms with van der Waals surface area (Å²) in [6.07, 6.45) is 4.29. The highest BCUT2D eigenvalue weighted by molar-refractivity contribution is 5.88. The molecular formula is C19H22N4O. The highest BCUT2D eigenvalue weighted by Crippen LogP contribution is 2.26. The van der Waals surface area contributed by atoms with Gasteiger partial charge in [0.15, 0.2) is 0 Å². The minimum absolute atomic E-state index is 0.0762. The smallest absolute Gasteiger partial charge is 0.259 e. The maximum Gasteiger partial charge on any atom is 0.259 e. The zero-order valence-corrected chi connectivity index (χ0v) is 13.6. The van der Waals surface area contributed by atoms with Gasteiger partial charge in [0.25, 0.3) is 5.56 Å². The van der Waals surface area contributed by atoms with Crippen LogP contribution in [-0.2, 0) is 0 Å². The van der Waals surface area contributed by atoms with Gasteiger partial charge in [0.2, 0.25) is 0 Å². The number of likely N-dealkylation sites (tertiary alicyclic amines) is 1. The quantitative estimate of drug-likeness (QED) is 0.676. The number of hydrogen-bond acceptors (Lipinski definition) is 3. The number of para-hydroxylation sites is 1. The average Bonchev–Trinajstić information content (AvgIpc) is 3.23. The van der Waals surface area contributed by atoms with E-state index in [9.17, 15) is 4.79 Å². The first kappa shape index (κ1) is 15.0. The lowest BCUT2D eigenvalue weighted by Gasteiger charge is -2.16. The van der Waals surface area contributed by atoms with Crippen molar-refractivity contribution in [2.45, 2.75) is 12.8 Å². The van der Waals surface area contributed by atoms with Gasteiger partial charge in [-0.05, 0) is 44.1 Å². The first-order valence-electron chi connectivity index (χ1n) is 8.57. The van der Waals surface area contributed by atoms with Gasteiger partial charge < -0.3 is 20.2 Å². The molecule has 0 unspecified atom stereocenters. The van der Waals surface area contributed by atoms with E-state index in [2.05, 4.69) is 20.2 Å². The third-order valence-corrected chi connectivity index (χ3v) is 4.70. The highest BCUT2D eigenvalue weighted by atomic mass is 16.1. The van der Waals surface area contributed by atoms with Crippen molar-refractivity contribution in [2.75, 3.05) is 31.5 Å². The van der Waals surface area contributed by atoms with Gasteiger partial charge in [-0.2, -0.15) is 0 Å². The van der Waals surface area contributed by atoms with Crippen molar-refractivity contribution in [3.05, 3.63) is 52.9 Å². The number of anilines is 1. The number of rotatable bonds is 5. The van der Waals surface area contributed by atoms with E-state index in [1.54, 1.807) is 6.20 Å². The zero-order valence-electron chi connectivity index (χ0n) is 13.6. The molecule has 1 aliphatic rings. The fourth-order valence-electron chi connectivity index (χ4n) is 3.46. The standard InChI is InChI=1S/C19H22N4O/c24-19-18(17-13-14-5-1-2-6-15(14)22-17)16(7-8-21-19)20-9-12-23-10-3-4-11-23/h1-2,5-8,13,22H,3-4,9-12H2,(H2,20,21,24). The molecule has 0 bridgehead atoms. The molecule has 24 heavy (non-hydrogen) atoms. The van der Waals surface area contributed by atoms with Crippen molar-refractivity contribution in [1.29, 1.82) is 0 Å². The molecule has 124 valence electrons. The number of hydrogen-bond donors (Lipinski definition) is 3. The van der Waals surface area contributed by atoms with Crippen LogP contribution in [0.2, 0.25) is 0 Å². The average molecular weight is 322 g/mol. The molecule has 0 atom stereocenters. The van der Waals surface area contributed by atoms with Gasteiger partial charge in [-0.25, -0.2) is 0 Å². The van der Waals surface area contributed by atoms with Crippen LogP contribution in [0.15, 0.2) is 47.4 Å². The van der Waals surface area contributed by atoms with E-state index < -0.39 is 0 Å². The van der Waals surface area contributed by atoms with Gasteiger partial charge in [-0.15, -0.1) is 0 Å². The Kier molecular flexibility index (Phi) is 4.09. The van der Waals surface area contributed by atoms with Crippen LogP contribution in [0.25, 0.3) is 22.2 Å². The van der Waals surface area contributed by atoms with E-state index in [-0.39, 0.29) is 5.56 Å². The molecule has 0 amide bonds. The van der Waals surface area contributed by atoms with Gasteiger partial charge in [0, 0.05) is 30.2 Å². The second-order valence-corrected chi connectivity index (χ2v) is 6.34. The molecule has 5 nitrogen and oxygen atoms in total. The summed E-state index contributed by atoms with van der Waals surface area (Å²) in [5.74, 6) is 0. The van der Waals surface area contributed by atoms with Crippen LogP contribution < -0.4 is 10.9 Å². The summed E-state index contributed by atoms with van der Waals surface area (Å²) < 4.78 is 0. The van der Waals surface area contributed by atoms with Crippen LogP contribution in [-0.4, -0.2) is 41.0 Å². The number of aromatic amines is 2. The first-order valence-corrected chi connectivity index (χ1v) is 8.57. The van der Waals surface area contributed by atoms with Crippen molar-refractivity contribution >= 4 is 16.6 Å². The minimum atomic E-state index is -0.0762. The summed E-state index contributed by atoms with van der Waals surface area (Å²) in [6, 6.07) is 12.0. The van der Waals surface area contributed by atoms with Gasteiger partial charge in [0.05, 0.1) is 16.9 Å². The molecule has 5 heteroatoms. The Bertz CT molecular complexity index is 857. The van der Waals surface area contributed by atoms with Gasteiger partial charge in [-0.1, -0.05) is 18.2 Å². The summed E-state index contributed by atoms with van der Waals surface area (Å²) in [7, 11) is 0. The van der Waals surface area contributed by atoms with Crippen LogP contribution in [0, 0.1) is 0 Å². The van der Waals surface area contributed by atoms with Gasteiger partial charge in [-0.3, -0.25) is 4.79 Å². The monoisotopic (exact) mass is 322 g/mol. The van der Waals surface area contributed by atoms with Gasteiger partial charge >= 0.3 is 0 Å². The van der Waals surface area contributed by atoms with E-state index in [0.29, 0.717) is 5.56 Å². The first-order chi connectivity index (χ1) is 11.8. The SMILES string of the molecule is O=c1[nH]ccc(NCCN2CCCC2)c1-c1cc2ccccc2[nH]1.